The smallest absolute Gasteiger partial charge is 0.302 e. The van der Waals surface area contributed by atoms with Crippen LogP contribution >= 0.6 is 15.9 Å². The SMILES string of the molecule is CC(=O)OCCC1CC(C(C)(C)O)Oc2cc(Br)c(O)c(C)c21. The third-order valence-electron chi connectivity index (χ3n) is 4.24. The van der Waals surface area contributed by atoms with Crippen molar-refractivity contribution in [3.63, 3.8) is 0 Å². The van der Waals surface area contributed by atoms with Crippen LogP contribution in [0.3, 0.4) is 0 Å². The fourth-order valence-electron chi connectivity index (χ4n) is 2.97. The van der Waals surface area contributed by atoms with Crippen LogP contribution in [0.4, 0.5) is 0 Å². The van der Waals surface area contributed by atoms with Gasteiger partial charge in [0.15, 0.2) is 0 Å². The monoisotopic (exact) mass is 386 g/mol. The lowest BCUT2D eigenvalue weighted by Gasteiger charge is -2.39. The molecular weight excluding hydrogens is 364 g/mol. The zero-order valence-electron chi connectivity index (χ0n) is 13.9. The fraction of sp³-hybridized carbons (Fsp3) is 0.588. The quantitative estimate of drug-likeness (QED) is 0.775. The first-order valence-electron chi connectivity index (χ1n) is 7.65. The molecule has 0 aliphatic carbocycles. The Balaban J connectivity index is 2.37. The van der Waals surface area contributed by atoms with Gasteiger partial charge in [0.1, 0.15) is 17.6 Å². The number of rotatable bonds is 4. The molecule has 0 bridgehead atoms. The fourth-order valence-corrected chi connectivity index (χ4v) is 3.48. The first-order chi connectivity index (χ1) is 10.6. The van der Waals surface area contributed by atoms with E-state index in [0.717, 1.165) is 11.1 Å². The third kappa shape index (κ3) is 3.98. The molecule has 2 N–H and O–H groups in total. The van der Waals surface area contributed by atoms with Crippen molar-refractivity contribution in [3.05, 3.63) is 21.7 Å². The minimum absolute atomic E-state index is 0.0357. The van der Waals surface area contributed by atoms with Gasteiger partial charge in [-0.25, -0.2) is 0 Å². The van der Waals surface area contributed by atoms with Crippen molar-refractivity contribution in [2.45, 2.75) is 58.2 Å². The van der Waals surface area contributed by atoms with Gasteiger partial charge >= 0.3 is 5.97 Å². The minimum atomic E-state index is -0.990. The van der Waals surface area contributed by atoms with E-state index in [9.17, 15) is 15.0 Å². The van der Waals surface area contributed by atoms with Crippen LogP contribution in [0.1, 0.15) is 50.7 Å². The van der Waals surface area contributed by atoms with Crippen molar-refractivity contribution in [1.29, 1.82) is 0 Å². The summed E-state index contributed by atoms with van der Waals surface area (Å²) < 4.78 is 11.6. The number of benzene rings is 1. The van der Waals surface area contributed by atoms with Gasteiger partial charge in [-0.2, -0.15) is 0 Å². The van der Waals surface area contributed by atoms with Crippen molar-refractivity contribution in [2.75, 3.05) is 6.61 Å². The highest BCUT2D eigenvalue weighted by Gasteiger charge is 2.38. The van der Waals surface area contributed by atoms with Crippen LogP contribution in [0.15, 0.2) is 10.5 Å². The average Bonchev–Trinajstić information content (AvgIpc) is 2.42. The highest BCUT2D eigenvalue weighted by Crippen LogP contribution is 2.47. The van der Waals surface area contributed by atoms with E-state index >= 15 is 0 Å². The van der Waals surface area contributed by atoms with Crippen molar-refractivity contribution in [2.24, 2.45) is 0 Å². The van der Waals surface area contributed by atoms with Gasteiger partial charge in [-0.1, -0.05) is 0 Å². The Hall–Kier alpha value is -1.27. The summed E-state index contributed by atoms with van der Waals surface area (Å²) in [7, 11) is 0. The number of fused-ring (bicyclic) bond motifs is 1. The van der Waals surface area contributed by atoms with Crippen molar-refractivity contribution in [3.8, 4) is 11.5 Å². The second kappa shape index (κ2) is 6.69. The van der Waals surface area contributed by atoms with Gasteiger partial charge in [0, 0.05) is 12.5 Å². The highest BCUT2D eigenvalue weighted by molar-refractivity contribution is 9.10. The molecule has 0 saturated heterocycles. The molecule has 0 spiro atoms. The molecule has 5 nitrogen and oxygen atoms in total. The van der Waals surface area contributed by atoms with Gasteiger partial charge < -0.3 is 19.7 Å². The van der Waals surface area contributed by atoms with Crippen LogP contribution in [0.2, 0.25) is 0 Å². The summed E-state index contributed by atoms with van der Waals surface area (Å²) in [6.07, 6.45) is 0.845. The van der Waals surface area contributed by atoms with Gasteiger partial charge in [0.2, 0.25) is 0 Å². The minimum Gasteiger partial charge on any atom is -0.506 e. The van der Waals surface area contributed by atoms with Crippen LogP contribution in [0.25, 0.3) is 0 Å². The Bertz CT molecular complexity index is 606. The molecule has 0 amide bonds. The number of aliphatic hydroxyl groups is 1. The molecule has 6 heteroatoms. The van der Waals surface area contributed by atoms with Gasteiger partial charge in [0.05, 0.1) is 16.7 Å². The Kier molecular flexibility index (Phi) is 5.26. The van der Waals surface area contributed by atoms with Crippen LogP contribution in [-0.4, -0.2) is 34.5 Å². The second-order valence-electron chi connectivity index (χ2n) is 6.57. The van der Waals surface area contributed by atoms with Crippen LogP contribution < -0.4 is 4.74 Å². The zero-order valence-corrected chi connectivity index (χ0v) is 15.4. The summed E-state index contributed by atoms with van der Waals surface area (Å²) in [5.41, 5.74) is 0.671. The molecule has 1 aromatic rings. The van der Waals surface area contributed by atoms with Gasteiger partial charge in [0.25, 0.3) is 0 Å². The number of carbonyl (C=O) groups is 1. The van der Waals surface area contributed by atoms with Gasteiger partial charge in [-0.15, -0.1) is 0 Å². The first-order valence-corrected chi connectivity index (χ1v) is 8.45. The molecule has 2 atom stereocenters. The number of phenolic OH excluding ortho intramolecular Hbond substituents is 1. The van der Waals surface area contributed by atoms with Gasteiger partial charge in [-0.05, 0) is 67.1 Å². The number of ether oxygens (including phenoxy) is 2. The molecule has 0 saturated carbocycles. The molecule has 23 heavy (non-hydrogen) atoms. The lowest BCUT2D eigenvalue weighted by Crippen LogP contribution is -2.44. The van der Waals surface area contributed by atoms with E-state index in [4.69, 9.17) is 9.47 Å². The Morgan fingerprint density at radius 3 is 2.74 bits per heavy atom. The van der Waals surface area contributed by atoms with E-state index in [1.54, 1.807) is 19.9 Å². The molecule has 0 aromatic heterocycles. The van der Waals surface area contributed by atoms with Crippen molar-refractivity contribution < 1.29 is 24.5 Å². The van der Waals surface area contributed by atoms with Crippen LogP contribution in [-0.2, 0) is 9.53 Å². The number of carbonyl (C=O) groups excluding carboxylic acids is 1. The summed E-state index contributed by atoms with van der Waals surface area (Å²) in [5.74, 6) is 0.560. The summed E-state index contributed by atoms with van der Waals surface area (Å²) in [6, 6.07) is 1.73. The molecule has 0 radical (unpaired) electrons. The number of phenols is 1. The van der Waals surface area contributed by atoms with E-state index in [-0.39, 0.29) is 23.7 Å². The standard InChI is InChI=1S/C17H23BrO5/c1-9-15-11(5-6-22-10(2)19)7-14(17(3,4)21)23-13(15)8-12(18)16(9)20/h8,11,14,20-21H,5-7H2,1-4H3. The Morgan fingerprint density at radius 2 is 2.17 bits per heavy atom. The van der Waals surface area contributed by atoms with Crippen LogP contribution in [0, 0.1) is 6.92 Å². The van der Waals surface area contributed by atoms with Crippen molar-refractivity contribution in [1.82, 2.24) is 0 Å². The largest absolute Gasteiger partial charge is 0.506 e. The lowest BCUT2D eigenvalue weighted by molar-refractivity contribution is -0.141. The highest BCUT2D eigenvalue weighted by atomic mass is 79.9. The normalized spacial score (nSPS) is 20.6. The van der Waals surface area contributed by atoms with E-state index in [2.05, 4.69) is 15.9 Å². The summed E-state index contributed by atoms with van der Waals surface area (Å²) in [6.45, 7) is 6.95. The molecule has 0 fully saturated rings. The number of hydrogen-bond acceptors (Lipinski definition) is 5. The van der Waals surface area contributed by atoms with E-state index in [1.165, 1.54) is 6.92 Å². The number of aromatic hydroxyl groups is 1. The molecule has 2 unspecified atom stereocenters. The predicted octanol–water partition coefficient (Wildman–Crippen LogP) is 3.42. The molecule has 1 heterocycles. The third-order valence-corrected chi connectivity index (χ3v) is 4.85. The molecule has 1 aliphatic rings. The van der Waals surface area contributed by atoms with Gasteiger partial charge in [-0.3, -0.25) is 4.79 Å². The summed E-state index contributed by atoms with van der Waals surface area (Å²) >= 11 is 3.33. The lowest BCUT2D eigenvalue weighted by atomic mass is 9.81. The van der Waals surface area contributed by atoms with E-state index in [0.29, 0.717) is 29.7 Å². The van der Waals surface area contributed by atoms with E-state index < -0.39 is 5.60 Å². The molecule has 1 aliphatic heterocycles. The maximum atomic E-state index is 11.0. The number of hydrogen-bond donors (Lipinski definition) is 2. The number of halogens is 1. The predicted molar refractivity (Wildman–Crippen MR) is 89.9 cm³/mol. The van der Waals surface area contributed by atoms with Crippen LogP contribution in [0.5, 0.6) is 11.5 Å². The molecule has 128 valence electrons. The maximum absolute atomic E-state index is 11.0. The van der Waals surface area contributed by atoms with Crippen molar-refractivity contribution >= 4 is 21.9 Å². The number of esters is 1. The summed E-state index contributed by atoms with van der Waals surface area (Å²) in [5, 5.41) is 20.5. The molecular formula is C17H23BrO5. The zero-order chi connectivity index (χ0) is 17.4. The first kappa shape index (κ1) is 18.1. The van der Waals surface area contributed by atoms with E-state index in [1.807, 2.05) is 6.92 Å². The topological polar surface area (TPSA) is 76.0 Å². The molecule has 2 rings (SSSR count). The summed E-state index contributed by atoms with van der Waals surface area (Å²) in [4.78, 5) is 11.0. The average molecular weight is 387 g/mol. The molecule has 1 aromatic carbocycles. The maximum Gasteiger partial charge on any atom is 0.302 e. The second-order valence-corrected chi connectivity index (χ2v) is 7.42. The Labute approximate surface area is 144 Å². The Morgan fingerprint density at radius 1 is 1.52 bits per heavy atom.